The molecule has 0 saturated carbocycles. The molecule has 0 radical (unpaired) electrons. The van der Waals surface area contributed by atoms with E-state index in [1.54, 1.807) is 0 Å². The Balaban J connectivity index is 1.96. The van der Waals surface area contributed by atoms with E-state index in [9.17, 15) is 30.6 Å². The zero-order chi connectivity index (χ0) is 18.0. The largest absolute Gasteiger partial charge is 0.394 e. The van der Waals surface area contributed by atoms with Crippen molar-refractivity contribution >= 4 is 0 Å². The van der Waals surface area contributed by atoms with E-state index in [0.717, 1.165) is 0 Å². The molecule has 0 aromatic carbocycles. The van der Waals surface area contributed by atoms with E-state index in [-0.39, 0.29) is 6.61 Å². The SMILES string of the molecule is CO[C@H]1O[C@H](CO[C@H]2O[C@H](CO)[C@@H](O)[C@@H](O)[C@@H]2O)[C@@H](O)[C@@H](O)[C@@H]1O. The summed E-state index contributed by atoms with van der Waals surface area (Å²) in [6.07, 6.45) is -14.0. The van der Waals surface area contributed by atoms with Crippen LogP contribution in [0.25, 0.3) is 0 Å². The van der Waals surface area contributed by atoms with Crippen molar-refractivity contribution in [3.63, 3.8) is 0 Å². The molecule has 2 fully saturated rings. The van der Waals surface area contributed by atoms with Crippen LogP contribution in [0, 0.1) is 0 Å². The lowest BCUT2D eigenvalue weighted by atomic mass is 9.98. The molecule has 0 aromatic heterocycles. The van der Waals surface area contributed by atoms with Gasteiger partial charge in [0.05, 0.1) is 13.2 Å². The highest BCUT2D eigenvalue weighted by atomic mass is 16.7. The van der Waals surface area contributed by atoms with Gasteiger partial charge in [-0.15, -0.1) is 0 Å². The van der Waals surface area contributed by atoms with Crippen LogP contribution in [0.2, 0.25) is 0 Å². The highest BCUT2D eigenvalue weighted by Crippen LogP contribution is 2.25. The summed E-state index contributed by atoms with van der Waals surface area (Å²) in [4.78, 5) is 0. The van der Waals surface area contributed by atoms with Gasteiger partial charge >= 0.3 is 0 Å². The molecule has 2 rings (SSSR count). The Bertz CT molecular complexity index is 356. The van der Waals surface area contributed by atoms with E-state index in [2.05, 4.69) is 0 Å². The number of aliphatic hydroxyl groups excluding tert-OH is 7. The molecular formula is C13H24O11. The minimum absolute atomic E-state index is 0.381. The van der Waals surface area contributed by atoms with E-state index >= 15 is 0 Å². The van der Waals surface area contributed by atoms with Crippen molar-refractivity contribution in [2.75, 3.05) is 20.3 Å². The lowest BCUT2D eigenvalue weighted by Crippen LogP contribution is -2.61. The maximum atomic E-state index is 9.91. The Hall–Kier alpha value is -0.440. The third-order valence-corrected chi connectivity index (χ3v) is 4.17. The minimum Gasteiger partial charge on any atom is -0.394 e. The topological polar surface area (TPSA) is 179 Å². The Morgan fingerprint density at radius 1 is 0.708 bits per heavy atom. The summed E-state index contributed by atoms with van der Waals surface area (Å²) < 4.78 is 20.5. The molecular weight excluding hydrogens is 332 g/mol. The summed E-state index contributed by atoms with van der Waals surface area (Å²) in [5.41, 5.74) is 0. The predicted octanol–water partition coefficient (Wildman–Crippen LogP) is -4.74. The zero-order valence-corrected chi connectivity index (χ0v) is 13.0. The quantitative estimate of drug-likeness (QED) is 0.251. The predicted molar refractivity (Wildman–Crippen MR) is 73.4 cm³/mol. The molecule has 2 aliphatic heterocycles. The highest BCUT2D eigenvalue weighted by molar-refractivity contribution is 4.91. The van der Waals surface area contributed by atoms with Crippen molar-refractivity contribution in [2.24, 2.45) is 0 Å². The fourth-order valence-corrected chi connectivity index (χ4v) is 2.64. The first kappa shape index (κ1) is 19.9. The normalized spacial score (nSPS) is 50.0. The fraction of sp³-hybridized carbons (Fsp3) is 1.00. The van der Waals surface area contributed by atoms with Gasteiger partial charge in [-0.2, -0.15) is 0 Å². The van der Waals surface area contributed by atoms with Crippen LogP contribution in [0.15, 0.2) is 0 Å². The fourth-order valence-electron chi connectivity index (χ4n) is 2.64. The third kappa shape index (κ3) is 3.86. The number of aliphatic hydroxyl groups is 7. The van der Waals surface area contributed by atoms with Crippen LogP contribution in [-0.4, -0.2) is 117 Å². The van der Waals surface area contributed by atoms with Crippen LogP contribution in [0.4, 0.5) is 0 Å². The van der Waals surface area contributed by atoms with Crippen LogP contribution in [0.1, 0.15) is 0 Å². The Labute approximate surface area is 137 Å². The molecule has 2 heterocycles. The average molecular weight is 356 g/mol. The van der Waals surface area contributed by atoms with E-state index < -0.39 is 68.0 Å². The summed E-state index contributed by atoms with van der Waals surface area (Å²) >= 11 is 0. The molecule has 2 aliphatic rings. The van der Waals surface area contributed by atoms with Crippen LogP contribution >= 0.6 is 0 Å². The standard InChI is InChI=1S/C13H24O11/c1-21-12-10(19)9(18)7(16)5(24-12)3-22-13-11(20)8(17)6(15)4(2-14)23-13/h4-20H,2-3H2,1H3/t4-,5-,6-,7-,8-,9-,10+,11+,12+,13+/m1/s1. The molecule has 7 N–H and O–H groups in total. The average Bonchev–Trinajstić information content (AvgIpc) is 2.58. The molecule has 142 valence electrons. The second-order valence-corrected chi connectivity index (χ2v) is 5.78. The van der Waals surface area contributed by atoms with Crippen molar-refractivity contribution in [1.29, 1.82) is 0 Å². The van der Waals surface area contributed by atoms with Gasteiger partial charge in [0.1, 0.15) is 48.8 Å². The van der Waals surface area contributed by atoms with E-state index in [4.69, 9.17) is 24.1 Å². The minimum atomic E-state index is -1.60. The summed E-state index contributed by atoms with van der Waals surface area (Å²) in [5.74, 6) is 0. The number of ether oxygens (including phenoxy) is 4. The molecule has 11 nitrogen and oxygen atoms in total. The van der Waals surface area contributed by atoms with Gasteiger partial charge in [-0.1, -0.05) is 0 Å². The lowest BCUT2D eigenvalue weighted by Gasteiger charge is -2.42. The number of rotatable bonds is 5. The summed E-state index contributed by atoms with van der Waals surface area (Å²) in [5, 5.41) is 67.6. The van der Waals surface area contributed by atoms with Crippen LogP contribution < -0.4 is 0 Å². The first-order valence-electron chi connectivity index (χ1n) is 7.46. The molecule has 0 aliphatic carbocycles. The molecule has 0 unspecified atom stereocenters. The van der Waals surface area contributed by atoms with Crippen molar-refractivity contribution in [1.82, 2.24) is 0 Å². The molecule has 2 saturated heterocycles. The van der Waals surface area contributed by atoms with Crippen molar-refractivity contribution < 1.29 is 54.7 Å². The van der Waals surface area contributed by atoms with Crippen molar-refractivity contribution in [3.05, 3.63) is 0 Å². The maximum Gasteiger partial charge on any atom is 0.186 e. The van der Waals surface area contributed by atoms with E-state index in [1.807, 2.05) is 0 Å². The van der Waals surface area contributed by atoms with Crippen molar-refractivity contribution in [3.8, 4) is 0 Å². The van der Waals surface area contributed by atoms with Gasteiger partial charge in [-0.05, 0) is 0 Å². The van der Waals surface area contributed by atoms with Gasteiger partial charge in [-0.3, -0.25) is 0 Å². The lowest BCUT2D eigenvalue weighted by molar-refractivity contribution is -0.328. The summed E-state index contributed by atoms with van der Waals surface area (Å²) in [6.45, 7) is -0.989. The molecule has 0 bridgehead atoms. The zero-order valence-electron chi connectivity index (χ0n) is 13.0. The van der Waals surface area contributed by atoms with Gasteiger partial charge in [0.2, 0.25) is 0 Å². The van der Waals surface area contributed by atoms with Crippen LogP contribution in [0.5, 0.6) is 0 Å². The highest BCUT2D eigenvalue weighted by Gasteiger charge is 2.47. The molecule has 0 spiro atoms. The summed E-state index contributed by atoms with van der Waals surface area (Å²) in [7, 11) is 1.24. The molecule has 11 heteroatoms. The first-order chi connectivity index (χ1) is 11.3. The van der Waals surface area contributed by atoms with Crippen LogP contribution in [0.3, 0.4) is 0 Å². The van der Waals surface area contributed by atoms with Crippen LogP contribution in [-0.2, 0) is 18.9 Å². The number of hydrogen-bond donors (Lipinski definition) is 7. The second-order valence-electron chi connectivity index (χ2n) is 5.78. The van der Waals surface area contributed by atoms with Crippen molar-refractivity contribution in [2.45, 2.75) is 61.4 Å². The third-order valence-electron chi connectivity index (χ3n) is 4.17. The molecule has 0 aromatic rings. The number of hydrogen-bond acceptors (Lipinski definition) is 11. The molecule has 24 heavy (non-hydrogen) atoms. The number of methoxy groups -OCH3 is 1. The van der Waals surface area contributed by atoms with Gasteiger partial charge in [-0.25, -0.2) is 0 Å². The van der Waals surface area contributed by atoms with E-state index in [1.165, 1.54) is 7.11 Å². The van der Waals surface area contributed by atoms with Gasteiger partial charge < -0.3 is 54.7 Å². The monoisotopic (exact) mass is 356 g/mol. The maximum absolute atomic E-state index is 9.91. The molecule has 0 amide bonds. The summed E-state index contributed by atoms with van der Waals surface area (Å²) in [6, 6.07) is 0. The second kappa shape index (κ2) is 8.29. The van der Waals surface area contributed by atoms with Gasteiger partial charge in [0.15, 0.2) is 12.6 Å². The Kier molecular flexibility index (Phi) is 6.87. The molecule has 10 atom stereocenters. The van der Waals surface area contributed by atoms with Gasteiger partial charge in [0, 0.05) is 7.11 Å². The Morgan fingerprint density at radius 2 is 1.21 bits per heavy atom. The van der Waals surface area contributed by atoms with E-state index in [0.29, 0.717) is 0 Å². The van der Waals surface area contributed by atoms with Gasteiger partial charge in [0.25, 0.3) is 0 Å². The Morgan fingerprint density at radius 3 is 1.75 bits per heavy atom. The first-order valence-corrected chi connectivity index (χ1v) is 7.46. The smallest absolute Gasteiger partial charge is 0.186 e.